The van der Waals surface area contributed by atoms with Crippen molar-refractivity contribution in [2.24, 2.45) is 0 Å². The van der Waals surface area contributed by atoms with E-state index in [1.807, 2.05) is 6.92 Å². The van der Waals surface area contributed by atoms with E-state index in [9.17, 15) is 9.59 Å². The Bertz CT molecular complexity index is 698. The number of thiocarbonyl (C=S) groups is 1. The highest BCUT2D eigenvalue weighted by Crippen LogP contribution is 2.34. The van der Waals surface area contributed by atoms with Crippen LogP contribution in [0.5, 0.6) is 0 Å². The molecule has 0 bridgehead atoms. The quantitative estimate of drug-likeness (QED) is 0.519. The normalized spacial score (nSPS) is 17.3. The smallest absolute Gasteiger partial charge is 0.348 e. The topological polar surface area (TPSA) is 85.9 Å². The van der Waals surface area contributed by atoms with Crippen LogP contribution in [0.2, 0.25) is 0 Å². The molecule has 0 spiro atoms. The summed E-state index contributed by atoms with van der Waals surface area (Å²) in [6.07, 6.45) is 2.13. The molecule has 2 heterocycles. The van der Waals surface area contributed by atoms with Gasteiger partial charge < -0.3 is 24.8 Å². The maximum absolute atomic E-state index is 12.4. The second kappa shape index (κ2) is 10.0. The second-order valence-electron chi connectivity index (χ2n) is 6.14. The number of anilines is 1. The fourth-order valence-corrected chi connectivity index (χ4v) is 4.32. The summed E-state index contributed by atoms with van der Waals surface area (Å²) in [5.41, 5.74) is 0.827. The fraction of sp³-hybridized carbons (Fsp3) is 0.611. The molecule has 0 saturated carbocycles. The predicted octanol–water partition coefficient (Wildman–Crippen LogP) is 3.26. The molecule has 9 heteroatoms. The number of ether oxygens (including phenoxy) is 3. The van der Waals surface area contributed by atoms with Gasteiger partial charge in [0.15, 0.2) is 5.11 Å². The Morgan fingerprint density at radius 2 is 1.96 bits per heavy atom. The minimum absolute atomic E-state index is 0.0316. The molecule has 27 heavy (non-hydrogen) atoms. The summed E-state index contributed by atoms with van der Waals surface area (Å²) in [5.74, 6) is -0.968. The van der Waals surface area contributed by atoms with Crippen LogP contribution in [0, 0.1) is 6.92 Å². The minimum Gasteiger partial charge on any atom is -0.462 e. The van der Waals surface area contributed by atoms with Crippen molar-refractivity contribution in [1.82, 2.24) is 5.32 Å². The summed E-state index contributed by atoms with van der Waals surface area (Å²) in [5, 5.41) is 7.05. The van der Waals surface area contributed by atoms with Gasteiger partial charge in [0.1, 0.15) is 9.88 Å². The van der Waals surface area contributed by atoms with Crippen molar-refractivity contribution in [1.29, 1.82) is 0 Å². The maximum Gasteiger partial charge on any atom is 0.348 e. The summed E-state index contributed by atoms with van der Waals surface area (Å²) in [6.45, 7) is 8.42. The van der Waals surface area contributed by atoms with Gasteiger partial charge in [0, 0.05) is 6.61 Å². The molecule has 2 rings (SSSR count). The molecule has 0 radical (unpaired) electrons. The van der Waals surface area contributed by atoms with Gasteiger partial charge in [0.2, 0.25) is 0 Å². The van der Waals surface area contributed by atoms with E-state index in [0.717, 1.165) is 30.8 Å². The molecule has 1 fully saturated rings. The molecule has 2 unspecified atom stereocenters. The van der Waals surface area contributed by atoms with Crippen molar-refractivity contribution >= 4 is 45.6 Å². The van der Waals surface area contributed by atoms with E-state index in [0.29, 0.717) is 26.1 Å². The van der Waals surface area contributed by atoms with Gasteiger partial charge in [-0.25, -0.2) is 9.59 Å². The third kappa shape index (κ3) is 5.40. The Hall–Kier alpha value is -1.71. The van der Waals surface area contributed by atoms with Gasteiger partial charge in [-0.15, -0.1) is 11.3 Å². The molecule has 1 aromatic heterocycles. The maximum atomic E-state index is 12.4. The van der Waals surface area contributed by atoms with Crippen LogP contribution in [-0.2, 0) is 14.2 Å². The highest BCUT2D eigenvalue weighted by molar-refractivity contribution is 7.80. The summed E-state index contributed by atoms with van der Waals surface area (Å²) in [7, 11) is 0. The molecule has 1 aromatic rings. The molecule has 1 saturated heterocycles. The molecule has 0 aromatic carbocycles. The Kier molecular flexibility index (Phi) is 8.00. The van der Waals surface area contributed by atoms with Crippen LogP contribution in [0.4, 0.5) is 5.00 Å². The van der Waals surface area contributed by atoms with Gasteiger partial charge in [0.05, 0.1) is 30.9 Å². The molecule has 1 aliphatic heterocycles. The first-order valence-electron chi connectivity index (χ1n) is 9.05. The van der Waals surface area contributed by atoms with Crippen LogP contribution in [0.3, 0.4) is 0 Å². The van der Waals surface area contributed by atoms with E-state index in [-0.39, 0.29) is 25.4 Å². The zero-order chi connectivity index (χ0) is 20.0. The van der Waals surface area contributed by atoms with Crippen molar-refractivity contribution in [3.63, 3.8) is 0 Å². The predicted molar refractivity (Wildman–Crippen MR) is 109 cm³/mol. The number of rotatable bonds is 7. The summed E-state index contributed by atoms with van der Waals surface area (Å²) in [4.78, 5) is 25.0. The van der Waals surface area contributed by atoms with Crippen LogP contribution in [-0.4, -0.2) is 49.0 Å². The number of hydrogen-bond donors (Lipinski definition) is 2. The number of esters is 2. The molecular formula is C18H26N2O5S2. The lowest BCUT2D eigenvalue weighted by atomic mass is 10.1. The zero-order valence-electron chi connectivity index (χ0n) is 16.0. The number of nitrogens with one attached hydrogen (secondary N) is 2. The Balaban J connectivity index is 2.19. The molecule has 1 aliphatic rings. The Morgan fingerprint density at radius 3 is 2.56 bits per heavy atom. The first-order valence-corrected chi connectivity index (χ1v) is 10.3. The third-order valence-corrected chi connectivity index (χ3v) is 5.60. The van der Waals surface area contributed by atoms with Crippen LogP contribution in [0.25, 0.3) is 0 Å². The van der Waals surface area contributed by atoms with Crippen molar-refractivity contribution in [3.05, 3.63) is 16.0 Å². The fourth-order valence-electron chi connectivity index (χ4n) is 2.88. The van der Waals surface area contributed by atoms with Crippen molar-refractivity contribution in [3.8, 4) is 0 Å². The van der Waals surface area contributed by atoms with E-state index < -0.39 is 11.9 Å². The second-order valence-corrected chi connectivity index (χ2v) is 7.57. The Labute approximate surface area is 168 Å². The highest BCUT2D eigenvalue weighted by Gasteiger charge is 2.28. The molecule has 7 nitrogen and oxygen atoms in total. The van der Waals surface area contributed by atoms with Gasteiger partial charge in [-0.05, 0) is 58.3 Å². The summed E-state index contributed by atoms with van der Waals surface area (Å²) >= 11 is 6.52. The van der Waals surface area contributed by atoms with E-state index in [1.165, 1.54) is 0 Å². The number of carbonyl (C=O) groups is 2. The molecule has 0 aliphatic carbocycles. The van der Waals surface area contributed by atoms with Gasteiger partial charge in [-0.3, -0.25) is 0 Å². The SMILES string of the molecule is CCOC(=O)c1sc(NC(=S)NC(C)C2CCCO2)c(C(=O)OCC)c1C. The number of carbonyl (C=O) groups excluding carboxylic acids is 2. The van der Waals surface area contributed by atoms with Crippen LogP contribution >= 0.6 is 23.6 Å². The molecule has 0 amide bonds. The first kappa shape index (κ1) is 21.6. The minimum atomic E-state index is -0.501. The van der Waals surface area contributed by atoms with E-state index in [2.05, 4.69) is 10.6 Å². The van der Waals surface area contributed by atoms with Crippen molar-refractivity contribution < 1.29 is 23.8 Å². The van der Waals surface area contributed by atoms with Crippen LogP contribution < -0.4 is 10.6 Å². The van der Waals surface area contributed by atoms with Crippen molar-refractivity contribution in [2.75, 3.05) is 25.1 Å². The summed E-state index contributed by atoms with van der Waals surface area (Å²) in [6, 6.07) is 0.0316. The number of hydrogen-bond acceptors (Lipinski definition) is 7. The van der Waals surface area contributed by atoms with E-state index in [1.54, 1.807) is 20.8 Å². The molecule has 2 N–H and O–H groups in total. The van der Waals surface area contributed by atoms with E-state index in [4.69, 9.17) is 26.4 Å². The van der Waals surface area contributed by atoms with Crippen LogP contribution in [0.15, 0.2) is 0 Å². The lowest BCUT2D eigenvalue weighted by molar-refractivity contribution is 0.0527. The van der Waals surface area contributed by atoms with Gasteiger partial charge in [0.25, 0.3) is 0 Å². The molecular weight excluding hydrogens is 388 g/mol. The van der Waals surface area contributed by atoms with Gasteiger partial charge in [-0.2, -0.15) is 0 Å². The number of thiophene rings is 1. The zero-order valence-corrected chi connectivity index (χ0v) is 17.7. The van der Waals surface area contributed by atoms with Crippen molar-refractivity contribution in [2.45, 2.75) is 52.7 Å². The lowest BCUT2D eigenvalue weighted by Crippen LogP contribution is -2.42. The largest absolute Gasteiger partial charge is 0.462 e. The van der Waals surface area contributed by atoms with Gasteiger partial charge in [-0.1, -0.05) is 0 Å². The monoisotopic (exact) mass is 414 g/mol. The van der Waals surface area contributed by atoms with Crippen LogP contribution in [0.1, 0.15) is 59.2 Å². The summed E-state index contributed by atoms with van der Waals surface area (Å²) < 4.78 is 15.9. The molecule has 2 atom stereocenters. The third-order valence-electron chi connectivity index (χ3n) is 4.20. The highest BCUT2D eigenvalue weighted by atomic mass is 32.1. The average molecular weight is 415 g/mol. The lowest BCUT2D eigenvalue weighted by Gasteiger charge is -2.21. The molecule has 150 valence electrons. The van der Waals surface area contributed by atoms with Gasteiger partial charge >= 0.3 is 11.9 Å². The standard InChI is InChI=1S/C18H26N2O5S2/c1-5-23-16(21)13-10(3)14(17(22)24-6-2)27-15(13)20-18(26)19-11(4)12-8-7-9-25-12/h11-12H,5-9H2,1-4H3,(H2,19,20,26). The Morgan fingerprint density at radius 1 is 1.30 bits per heavy atom. The van der Waals surface area contributed by atoms with E-state index >= 15 is 0 Å². The first-order chi connectivity index (χ1) is 12.9. The average Bonchev–Trinajstić information content (AvgIpc) is 3.23.